The lowest BCUT2D eigenvalue weighted by Crippen LogP contribution is -1.82. The molecule has 1 aromatic heterocycles. The fourth-order valence-corrected chi connectivity index (χ4v) is 0.465. The zero-order valence-electron chi connectivity index (χ0n) is 6.63. The van der Waals surface area contributed by atoms with E-state index in [0.717, 1.165) is 6.29 Å². The number of nitrogens with zero attached hydrogens (tertiary/aromatic N) is 1. The summed E-state index contributed by atoms with van der Waals surface area (Å²) in [6, 6.07) is 2.96. The van der Waals surface area contributed by atoms with Crippen LogP contribution in [0.2, 0.25) is 0 Å². The first-order valence-electron chi connectivity index (χ1n) is 3.29. The minimum atomic E-state index is -0.243. The quantitative estimate of drug-likeness (QED) is 0.550. The smallest absolute Gasteiger partial charge is 0.144 e. The van der Waals surface area contributed by atoms with E-state index >= 15 is 0 Å². The van der Waals surface area contributed by atoms with Crippen molar-refractivity contribution < 1.29 is 9.18 Å². The summed E-state index contributed by atoms with van der Waals surface area (Å²) in [4.78, 5) is 12.8. The zero-order valence-corrected chi connectivity index (χ0v) is 8.21. The predicted octanol–water partition coefficient (Wildman–Crippen LogP) is 2.11. The monoisotopic (exact) mass is 233 g/mol. The van der Waals surface area contributed by atoms with E-state index in [2.05, 4.69) is 20.9 Å². The Kier molecular flexibility index (Phi) is 6.47. The van der Waals surface area contributed by atoms with Crippen molar-refractivity contribution in [1.29, 1.82) is 0 Å². The van der Waals surface area contributed by atoms with Gasteiger partial charge in [-0.05, 0) is 19.1 Å². The molecular weight excluding hydrogens is 225 g/mol. The molecule has 1 aromatic rings. The van der Waals surface area contributed by atoms with Gasteiger partial charge in [0.25, 0.3) is 0 Å². The van der Waals surface area contributed by atoms with E-state index in [1.54, 1.807) is 19.2 Å². The van der Waals surface area contributed by atoms with Gasteiger partial charge in [0.15, 0.2) is 0 Å². The zero-order chi connectivity index (χ0) is 9.40. The molecular formula is C8H9BrFNO. The van der Waals surface area contributed by atoms with Crippen LogP contribution in [0.3, 0.4) is 0 Å². The van der Waals surface area contributed by atoms with Crippen molar-refractivity contribution in [2.45, 2.75) is 6.92 Å². The number of pyridine rings is 1. The van der Waals surface area contributed by atoms with Gasteiger partial charge in [0, 0.05) is 6.20 Å². The van der Waals surface area contributed by atoms with Gasteiger partial charge in [-0.1, -0.05) is 15.9 Å². The summed E-state index contributed by atoms with van der Waals surface area (Å²) < 4.78 is 12.3. The van der Waals surface area contributed by atoms with Crippen LogP contribution >= 0.6 is 15.9 Å². The maximum Gasteiger partial charge on any atom is 0.144 e. The summed E-state index contributed by atoms with van der Waals surface area (Å²) in [5.74, 6) is -0.243. The van der Waals surface area contributed by atoms with Crippen LogP contribution in [0.25, 0.3) is 0 Å². The van der Waals surface area contributed by atoms with E-state index in [-0.39, 0.29) is 5.82 Å². The Morgan fingerprint density at radius 3 is 2.58 bits per heavy atom. The Morgan fingerprint density at radius 1 is 1.75 bits per heavy atom. The third-order valence-corrected chi connectivity index (χ3v) is 1.27. The number of hydrogen-bond donors (Lipinski definition) is 0. The van der Waals surface area contributed by atoms with E-state index in [4.69, 9.17) is 4.79 Å². The summed E-state index contributed by atoms with van der Waals surface area (Å²) in [5, 5.41) is 0.451. The summed E-state index contributed by atoms with van der Waals surface area (Å²) in [6.07, 6.45) is 2.36. The molecule has 0 spiro atoms. The van der Waals surface area contributed by atoms with Crippen molar-refractivity contribution in [1.82, 2.24) is 4.98 Å². The highest BCUT2D eigenvalue weighted by Crippen LogP contribution is 1.97. The highest BCUT2D eigenvalue weighted by Gasteiger charge is 1.90. The summed E-state index contributed by atoms with van der Waals surface area (Å²) in [7, 11) is 0. The van der Waals surface area contributed by atoms with Gasteiger partial charge < -0.3 is 4.79 Å². The van der Waals surface area contributed by atoms with E-state index in [1.807, 2.05) is 0 Å². The number of aryl methyl sites for hydroxylation is 1. The minimum absolute atomic E-state index is 0.243. The molecule has 0 amide bonds. The molecule has 2 nitrogen and oxygen atoms in total. The Labute approximate surface area is 78.9 Å². The van der Waals surface area contributed by atoms with E-state index in [1.165, 1.54) is 6.07 Å². The fourth-order valence-electron chi connectivity index (χ4n) is 0.465. The second-order valence-electron chi connectivity index (χ2n) is 1.89. The van der Waals surface area contributed by atoms with Gasteiger partial charge in [0.05, 0.1) is 11.0 Å². The standard InChI is InChI=1S/C6H6FN.C2H3BrO/c1-5-6(7)3-2-4-8-5;3-1-2-4/h2-4H,1H3;2H,1H2. The molecule has 1 heterocycles. The second kappa shape index (κ2) is 6.91. The third kappa shape index (κ3) is 4.96. The second-order valence-corrected chi connectivity index (χ2v) is 2.54. The van der Waals surface area contributed by atoms with Crippen LogP contribution < -0.4 is 0 Å². The molecule has 0 aliphatic carbocycles. The number of hydrogen-bond acceptors (Lipinski definition) is 2. The maximum absolute atomic E-state index is 12.3. The lowest BCUT2D eigenvalue weighted by Gasteiger charge is -1.88. The fraction of sp³-hybridized carbons (Fsp3) is 0.250. The molecule has 0 radical (unpaired) electrons. The molecule has 0 aromatic carbocycles. The summed E-state index contributed by atoms with van der Waals surface area (Å²) >= 11 is 2.88. The molecule has 0 aliphatic heterocycles. The SMILES string of the molecule is Cc1ncccc1F.O=CCBr. The normalized spacial score (nSPS) is 8.25. The number of rotatable bonds is 1. The average Bonchev–Trinajstić information content (AvgIpc) is 2.11. The van der Waals surface area contributed by atoms with Crippen molar-refractivity contribution in [3.05, 3.63) is 29.8 Å². The molecule has 0 N–H and O–H groups in total. The molecule has 1 rings (SSSR count). The minimum Gasteiger partial charge on any atom is -0.302 e. The molecule has 0 saturated carbocycles. The Morgan fingerprint density at radius 2 is 2.33 bits per heavy atom. The van der Waals surface area contributed by atoms with E-state index in [0.29, 0.717) is 11.0 Å². The van der Waals surface area contributed by atoms with Gasteiger partial charge in [-0.25, -0.2) is 4.39 Å². The number of alkyl halides is 1. The Hall–Kier alpha value is -0.770. The van der Waals surface area contributed by atoms with E-state index < -0.39 is 0 Å². The topological polar surface area (TPSA) is 30.0 Å². The van der Waals surface area contributed by atoms with Crippen LogP contribution in [-0.2, 0) is 4.79 Å². The van der Waals surface area contributed by atoms with Crippen molar-refractivity contribution >= 4 is 22.2 Å². The molecule has 0 aliphatic rings. The number of carbonyl (C=O) groups excluding carboxylic acids is 1. The molecule has 4 heteroatoms. The molecule has 0 fully saturated rings. The van der Waals surface area contributed by atoms with Gasteiger partial charge in [-0.15, -0.1) is 0 Å². The molecule has 12 heavy (non-hydrogen) atoms. The highest BCUT2D eigenvalue weighted by atomic mass is 79.9. The number of aldehydes is 1. The predicted molar refractivity (Wildman–Crippen MR) is 48.8 cm³/mol. The average molecular weight is 234 g/mol. The third-order valence-electron chi connectivity index (χ3n) is 1.01. The molecule has 0 atom stereocenters. The molecule has 66 valence electrons. The first kappa shape index (κ1) is 11.2. The lowest BCUT2D eigenvalue weighted by molar-refractivity contribution is -0.105. The first-order valence-corrected chi connectivity index (χ1v) is 4.41. The number of halogens is 2. The summed E-state index contributed by atoms with van der Waals surface area (Å²) in [6.45, 7) is 1.63. The van der Waals surface area contributed by atoms with Crippen LogP contribution in [0.5, 0.6) is 0 Å². The molecule has 0 saturated heterocycles. The van der Waals surface area contributed by atoms with Crippen LogP contribution in [0.4, 0.5) is 4.39 Å². The van der Waals surface area contributed by atoms with E-state index in [9.17, 15) is 4.39 Å². The van der Waals surface area contributed by atoms with Crippen LogP contribution in [0.1, 0.15) is 5.69 Å². The van der Waals surface area contributed by atoms with Crippen molar-refractivity contribution in [3.63, 3.8) is 0 Å². The lowest BCUT2D eigenvalue weighted by atomic mass is 10.4. The van der Waals surface area contributed by atoms with Crippen molar-refractivity contribution in [3.8, 4) is 0 Å². The van der Waals surface area contributed by atoms with Gasteiger partial charge in [-0.2, -0.15) is 0 Å². The molecule has 0 bridgehead atoms. The number of aromatic nitrogens is 1. The highest BCUT2D eigenvalue weighted by molar-refractivity contribution is 9.09. The van der Waals surface area contributed by atoms with Gasteiger partial charge >= 0.3 is 0 Å². The van der Waals surface area contributed by atoms with Crippen molar-refractivity contribution in [2.24, 2.45) is 0 Å². The van der Waals surface area contributed by atoms with Gasteiger partial charge in [0.2, 0.25) is 0 Å². The maximum atomic E-state index is 12.3. The Balaban J connectivity index is 0.000000261. The van der Waals surface area contributed by atoms with Crippen molar-refractivity contribution in [2.75, 3.05) is 5.33 Å². The van der Waals surface area contributed by atoms with Gasteiger partial charge in [0.1, 0.15) is 12.1 Å². The van der Waals surface area contributed by atoms with Gasteiger partial charge in [-0.3, -0.25) is 4.98 Å². The summed E-state index contributed by atoms with van der Waals surface area (Å²) in [5.41, 5.74) is 0.451. The Bertz CT molecular complexity index is 221. The van der Waals surface area contributed by atoms with Crippen LogP contribution in [-0.4, -0.2) is 16.6 Å². The molecule has 0 unspecified atom stereocenters. The first-order chi connectivity index (χ1) is 5.72. The van der Waals surface area contributed by atoms with Crippen LogP contribution in [0.15, 0.2) is 18.3 Å². The number of carbonyl (C=O) groups is 1. The van der Waals surface area contributed by atoms with Crippen LogP contribution in [0, 0.1) is 12.7 Å². The largest absolute Gasteiger partial charge is 0.302 e.